The molecular weight excluding hydrogens is 523 g/mol. The molecule has 0 unspecified atom stereocenters. The Morgan fingerprint density at radius 1 is 1.33 bits per heavy atom. The topological polar surface area (TPSA) is 85.8 Å². The zero-order chi connectivity index (χ0) is 24.0. The smallest absolute Gasteiger partial charge is 0.343 e. The minimum atomic E-state index is -4.38. The lowest BCUT2D eigenvalue weighted by Crippen LogP contribution is -2.28. The number of hydrogen-bond donors (Lipinski definition) is 1. The van der Waals surface area contributed by atoms with E-state index in [1.807, 2.05) is 26.8 Å². The van der Waals surface area contributed by atoms with Crippen LogP contribution in [0.3, 0.4) is 0 Å². The van der Waals surface area contributed by atoms with Gasteiger partial charge < -0.3 is 9.84 Å². The van der Waals surface area contributed by atoms with Gasteiger partial charge in [-0.25, -0.2) is 0 Å². The maximum Gasteiger partial charge on any atom is 0.393 e. The molecular formula is C21H21BrF3N5O2S. The molecule has 3 aromatic heterocycles. The van der Waals surface area contributed by atoms with Gasteiger partial charge in [-0.1, -0.05) is 27.2 Å². The van der Waals surface area contributed by atoms with Crippen LogP contribution in [0, 0.1) is 0 Å². The molecule has 176 valence electrons. The van der Waals surface area contributed by atoms with Crippen molar-refractivity contribution in [2.24, 2.45) is 0 Å². The Morgan fingerprint density at radius 3 is 2.76 bits per heavy atom. The number of carbonyl (C=O) groups is 1. The standard InChI is InChI=1S/C21H21BrF3N5O2S/c1-20(2,3)30-10-11(8-27-30)19(31)26-9-15-28-18(29-32-15)17-13(7-21(23,24)25)12-5-4-6-14(22)16(12)33-17/h5,8,10H,4,6-7,9H2,1-3H3,(H,26,31). The van der Waals surface area contributed by atoms with Gasteiger partial charge in [0.2, 0.25) is 11.7 Å². The third kappa shape index (κ3) is 5.21. The largest absolute Gasteiger partial charge is 0.393 e. The molecule has 0 bridgehead atoms. The molecule has 3 heterocycles. The van der Waals surface area contributed by atoms with Crippen LogP contribution in [-0.2, 0) is 18.5 Å². The molecule has 0 saturated carbocycles. The van der Waals surface area contributed by atoms with Gasteiger partial charge in [0.25, 0.3) is 5.91 Å². The molecule has 1 amide bonds. The molecule has 0 aromatic carbocycles. The number of halogens is 4. The number of aromatic nitrogens is 4. The maximum atomic E-state index is 13.3. The number of carbonyl (C=O) groups excluding carboxylic acids is 1. The lowest BCUT2D eigenvalue weighted by atomic mass is 10.1. The van der Waals surface area contributed by atoms with Crippen molar-refractivity contribution in [1.82, 2.24) is 25.2 Å². The molecule has 0 saturated heterocycles. The highest BCUT2D eigenvalue weighted by Gasteiger charge is 2.32. The molecule has 4 rings (SSSR count). The van der Waals surface area contributed by atoms with Crippen LogP contribution in [0.1, 0.15) is 55.4 Å². The van der Waals surface area contributed by atoms with Crippen molar-refractivity contribution >= 4 is 43.7 Å². The molecule has 7 nitrogen and oxygen atoms in total. The normalized spacial score (nSPS) is 14.2. The van der Waals surface area contributed by atoms with Gasteiger partial charge in [-0.3, -0.25) is 9.48 Å². The van der Waals surface area contributed by atoms with E-state index in [2.05, 4.69) is 36.5 Å². The lowest BCUT2D eigenvalue weighted by molar-refractivity contribution is -0.127. The Morgan fingerprint density at radius 2 is 2.09 bits per heavy atom. The highest BCUT2D eigenvalue weighted by Crippen LogP contribution is 2.30. The summed E-state index contributed by atoms with van der Waals surface area (Å²) in [5.41, 5.74) is 0.252. The van der Waals surface area contributed by atoms with Gasteiger partial charge in [0.15, 0.2) is 0 Å². The Labute approximate surface area is 199 Å². The number of nitrogens with one attached hydrogen (secondary N) is 1. The minimum Gasteiger partial charge on any atom is -0.343 e. The molecule has 1 aliphatic rings. The van der Waals surface area contributed by atoms with E-state index in [1.54, 1.807) is 10.9 Å². The maximum absolute atomic E-state index is 13.3. The van der Waals surface area contributed by atoms with Gasteiger partial charge in [0, 0.05) is 15.2 Å². The summed E-state index contributed by atoms with van der Waals surface area (Å²) in [6.45, 7) is 5.83. The van der Waals surface area contributed by atoms with E-state index in [-0.39, 0.29) is 35.3 Å². The molecule has 0 aliphatic heterocycles. The molecule has 12 heteroatoms. The fraction of sp³-hybridized carbons (Fsp3) is 0.429. The Balaban J connectivity index is 1.56. The van der Waals surface area contributed by atoms with Gasteiger partial charge in [-0.15, -0.1) is 11.3 Å². The predicted molar refractivity (Wildman–Crippen MR) is 121 cm³/mol. The van der Waals surface area contributed by atoms with E-state index in [9.17, 15) is 18.0 Å². The minimum absolute atomic E-state index is 0.0613. The molecule has 0 fully saturated rings. The van der Waals surface area contributed by atoms with Crippen molar-refractivity contribution in [2.75, 3.05) is 0 Å². The SMILES string of the molecule is CC(C)(C)n1cc(C(=O)NCc2nc(-c3sc4c(c3CC(F)(F)F)=CCCC=4Br)no2)cn1. The van der Waals surface area contributed by atoms with Gasteiger partial charge in [-0.2, -0.15) is 23.3 Å². The molecule has 0 radical (unpaired) electrons. The first-order chi connectivity index (χ1) is 15.4. The van der Waals surface area contributed by atoms with Crippen LogP contribution in [0.4, 0.5) is 13.2 Å². The Bertz CT molecular complexity index is 1320. The molecule has 1 aliphatic carbocycles. The van der Waals surface area contributed by atoms with Crippen molar-refractivity contribution in [3.63, 3.8) is 0 Å². The fourth-order valence-corrected chi connectivity index (χ4v) is 5.29. The number of nitrogens with zero attached hydrogens (tertiary/aromatic N) is 4. The summed E-state index contributed by atoms with van der Waals surface area (Å²) in [6.07, 6.45) is 0.851. The average Bonchev–Trinajstić information content (AvgIpc) is 3.44. The van der Waals surface area contributed by atoms with E-state index in [0.29, 0.717) is 22.1 Å². The van der Waals surface area contributed by atoms with Crippen molar-refractivity contribution in [2.45, 2.75) is 58.3 Å². The summed E-state index contributed by atoms with van der Waals surface area (Å²) >= 11 is 4.68. The highest BCUT2D eigenvalue weighted by atomic mass is 79.9. The Hall–Kier alpha value is -2.47. The lowest BCUT2D eigenvalue weighted by Gasteiger charge is -2.18. The second kappa shape index (κ2) is 8.71. The Kier molecular flexibility index (Phi) is 6.25. The third-order valence-electron chi connectivity index (χ3n) is 4.99. The molecule has 3 aromatic rings. The van der Waals surface area contributed by atoms with Crippen LogP contribution in [0.2, 0.25) is 0 Å². The molecule has 0 atom stereocenters. The monoisotopic (exact) mass is 543 g/mol. The van der Waals surface area contributed by atoms with Gasteiger partial charge >= 0.3 is 6.18 Å². The van der Waals surface area contributed by atoms with Crippen LogP contribution in [0.15, 0.2) is 16.9 Å². The first-order valence-electron chi connectivity index (χ1n) is 10.2. The number of amides is 1. The summed E-state index contributed by atoms with van der Waals surface area (Å²) in [5.74, 6) is -0.201. The van der Waals surface area contributed by atoms with Crippen molar-refractivity contribution in [3.05, 3.63) is 39.2 Å². The highest BCUT2D eigenvalue weighted by molar-refractivity contribution is 9.14. The van der Waals surface area contributed by atoms with E-state index in [0.717, 1.165) is 15.4 Å². The van der Waals surface area contributed by atoms with Gasteiger partial charge in [-0.05, 0) is 44.4 Å². The first kappa shape index (κ1) is 23.7. The van der Waals surface area contributed by atoms with Crippen LogP contribution in [0.25, 0.3) is 21.3 Å². The van der Waals surface area contributed by atoms with Crippen molar-refractivity contribution in [1.29, 1.82) is 0 Å². The summed E-state index contributed by atoms with van der Waals surface area (Å²) in [7, 11) is 0. The predicted octanol–water partition coefficient (Wildman–Crippen LogP) is 3.86. The van der Waals surface area contributed by atoms with Gasteiger partial charge in [0.1, 0.15) is 0 Å². The number of fused-ring (bicyclic) bond motifs is 1. The average molecular weight is 544 g/mol. The van der Waals surface area contributed by atoms with Crippen molar-refractivity contribution < 1.29 is 22.5 Å². The van der Waals surface area contributed by atoms with E-state index < -0.39 is 12.6 Å². The zero-order valence-electron chi connectivity index (χ0n) is 18.1. The van der Waals surface area contributed by atoms with Crippen LogP contribution < -0.4 is 15.1 Å². The zero-order valence-corrected chi connectivity index (χ0v) is 20.5. The van der Waals surface area contributed by atoms with E-state index in [4.69, 9.17) is 4.52 Å². The summed E-state index contributed by atoms with van der Waals surface area (Å²) in [4.78, 5) is 17.0. The molecule has 1 N–H and O–H groups in total. The quantitative estimate of drug-likeness (QED) is 0.528. The van der Waals surface area contributed by atoms with Crippen molar-refractivity contribution in [3.8, 4) is 10.7 Å². The summed E-state index contributed by atoms with van der Waals surface area (Å²) < 4.78 is 48.4. The van der Waals surface area contributed by atoms with Crippen LogP contribution in [0.5, 0.6) is 0 Å². The molecule has 33 heavy (non-hydrogen) atoms. The van der Waals surface area contributed by atoms with Gasteiger partial charge in [0.05, 0.1) is 35.1 Å². The van der Waals surface area contributed by atoms with Crippen LogP contribution in [-0.4, -0.2) is 32.0 Å². The number of hydrogen-bond acceptors (Lipinski definition) is 6. The van der Waals surface area contributed by atoms with E-state index >= 15 is 0 Å². The molecule has 0 spiro atoms. The number of rotatable bonds is 5. The number of thiophene rings is 1. The fourth-order valence-electron chi connectivity index (χ4n) is 3.39. The summed E-state index contributed by atoms with van der Waals surface area (Å²) in [6, 6.07) is 0. The second-order valence-electron chi connectivity index (χ2n) is 8.63. The van der Waals surface area contributed by atoms with E-state index in [1.165, 1.54) is 17.5 Å². The first-order valence-corrected chi connectivity index (χ1v) is 11.8. The third-order valence-corrected chi connectivity index (χ3v) is 7.35. The summed E-state index contributed by atoms with van der Waals surface area (Å²) in [5, 5.41) is 11.3. The second-order valence-corrected chi connectivity index (χ2v) is 10.6. The number of alkyl halides is 3. The van der Waals surface area contributed by atoms with Crippen LogP contribution >= 0.6 is 27.3 Å².